The van der Waals surface area contributed by atoms with Crippen molar-refractivity contribution in [1.82, 2.24) is 0 Å². The topological polar surface area (TPSA) is 70.3 Å². The van der Waals surface area contributed by atoms with Gasteiger partial charge in [0.2, 0.25) is 0 Å². The smallest absolute Gasteiger partial charge is 0.309 e. The van der Waals surface area contributed by atoms with Crippen molar-refractivity contribution in [3.8, 4) is 11.8 Å². The highest BCUT2D eigenvalue weighted by molar-refractivity contribution is 5.69. The Bertz CT molecular complexity index is 378. The third-order valence-corrected chi connectivity index (χ3v) is 1.90. The summed E-state index contributed by atoms with van der Waals surface area (Å²) in [6.45, 7) is 1.70. The number of hydrogen-bond donors (Lipinski definition) is 1. The number of rotatable bonds is 4. The molecule has 0 bridgehead atoms. The maximum Gasteiger partial charge on any atom is 0.309 e. The standard InChI is InChI=1S/C11H11NO3/c1-8(11(13)14)7-15-10-4-2-9(6-12)3-5-10/h2-5,8H,7H2,1H3,(H,13,14)/t8-/m1/s1. The molecule has 0 aromatic heterocycles. The lowest BCUT2D eigenvalue weighted by molar-refractivity contribution is -0.142. The molecule has 4 nitrogen and oxygen atoms in total. The van der Waals surface area contributed by atoms with E-state index >= 15 is 0 Å². The molecular formula is C11H11NO3. The van der Waals surface area contributed by atoms with Crippen LogP contribution in [0, 0.1) is 17.2 Å². The molecule has 0 amide bonds. The van der Waals surface area contributed by atoms with Crippen LogP contribution < -0.4 is 4.74 Å². The Labute approximate surface area is 87.7 Å². The van der Waals surface area contributed by atoms with Gasteiger partial charge in [0.25, 0.3) is 0 Å². The molecule has 1 N–H and O–H groups in total. The Hall–Kier alpha value is -2.02. The molecule has 0 fully saturated rings. The summed E-state index contributed by atoms with van der Waals surface area (Å²) < 4.78 is 5.24. The lowest BCUT2D eigenvalue weighted by Gasteiger charge is -2.08. The van der Waals surface area contributed by atoms with Crippen LogP contribution in [0.25, 0.3) is 0 Å². The molecule has 0 aliphatic carbocycles. The molecule has 15 heavy (non-hydrogen) atoms. The van der Waals surface area contributed by atoms with E-state index in [4.69, 9.17) is 15.1 Å². The number of carbonyl (C=O) groups is 1. The first-order valence-corrected chi connectivity index (χ1v) is 4.49. The Balaban J connectivity index is 2.52. The molecule has 78 valence electrons. The fourth-order valence-electron chi connectivity index (χ4n) is 0.918. The average molecular weight is 205 g/mol. The monoisotopic (exact) mass is 205 g/mol. The normalized spacial score (nSPS) is 11.5. The van der Waals surface area contributed by atoms with Gasteiger partial charge in [0.1, 0.15) is 12.4 Å². The Kier molecular flexibility index (Phi) is 3.69. The summed E-state index contributed by atoms with van der Waals surface area (Å²) in [5.41, 5.74) is 0.550. The summed E-state index contributed by atoms with van der Waals surface area (Å²) in [5.74, 6) is -0.855. The van der Waals surface area contributed by atoms with Crippen molar-refractivity contribution in [2.75, 3.05) is 6.61 Å². The fraction of sp³-hybridized carbons (Fsp3) is 0.273. The lowest BCUT2D eigenvalue weighted by Crippen LogP contribution is -2.17. The molecule has 0 saturated carbocycles. The van der Waals surface area contributed by atoms with E-state index in [-0.39, 0.29) is 6.61 Å². The van der Waals surface area contributed by atoms with E-state index in [0.29, 0.717) is 11.3 Å². The van der Waals surface area contributed by atoms with E-state index in [9.17, 15) is 4.79 Å². The minimum atomic E-state index is -0.886. The van der Waals surface area contributed by atoms with Gasteiger partial charge in [0.15, 0.2) is 0 Å². The SMILES string of the molecule is C[C@H](COc1ccc(C#N)cc1)C(=O)O. The van der Waals surface area contributed by atoms with Crippen LogP contribution in [-0.4, -0.2) is 17.7 Å². The number of nitrogens with zero attached hydrogens (tertiary/aromatic N) is 1. The van der Waals surface area contributed by atoms with Gasteiger partial charge < -0.3 is 9.84 Å². The third-order valence-electron chi connectivity index (χ3n) is 1.90. The maximum absolute atomic E-state index is 10.5. The van der Waals surface area contributed by atoms with Gasteiger partial charge >= 0.3 is 5.97 Å². The van der Waals surface area contributed by atoms with E-state index in [1.54, 1.807) is 31.2 Å². The molecule has 1 rings (SSSR count). The molecule has 0 aliphatic rings. The van der Waals surface area contributed by atoms with Gasteiger partial charge in [-0.2, -0.15) is 5.26 Å². The number of benzene rings is 1. The predicted octanol–water partition coefficient (Wildman–Crippen LogP) is 1.66. The van der Waals surface area contributed by atoms with Crippen molar-refractivity contribution < 1.29 is 14.6 Å². The molecule has 1 aromatic rings. The van der Waals surface area contributed by atoms with Gasteiger partial charge in [0, 0.05) is 0 Å². The summed E-state index contributed by atoms with van der Waals surface area (Å²) >= 11 is 0. The molecule has 1 aromatic carbocycles. The second-order valence-corrected chi connectivity index (χ2v) is 3.19. The maximum atomic E-state index is 10.5. The fourth-order valence-corrected chi connectivity index (χ4v) is 0.918. The summed E-state index contributed by atoms with van der Waals surface area (Å²) in [6.07, 6.45) is 0. The molecule has 0 unspecified atom stereocenters. The summed E-state index contributed by atoms with van der Waals surface area (Å²) in [4.78, 5) is 10.5. The number of aliphatic carboxylic acids is 1. The molecule has 0 spiro atoms. The second kappa shape index (κ2) is 5.01. The van der Waals surface area contributed by atoms with Gasteiger partial charge in [-0.15, -0.1) is 0 Å². The molecule has 0 heterocycles. The Morgan fingerprint density at radius 3 is 2.60 bits per heavy atom. The predicted molar refractivity (Wildman–Crippen MR) is 53.5 cm³/mol. The summed E-state index contributed by atoms with van der Waals surface area (Å²) in [7, 11) is 0. The minimum absolute atomic E-state index is 0.126. The number of carboxylic acids is 1. The molecule has 0 radical (unpaired) electrons. The van der Waals surface area contributed by atoms with Crippen molar-refractivity contribution in [2.24, 2.45) is 5.92 Å². The average Bonchev–Trinajstić information content (AvgIpc) is 2.26. The first-order chi connectivity index (χ1) is 7.13. The van der Waals surface area contributed by atoms with Crippen LogP contribution in [0.3, 0.4) is 0 Å². The van der Waals surface area contributed by atoms with E-state index in [2.05, 4.69) is 0 Å². The van der Waals surface area contributed by atoms with Crippen LogP contribution in [0.4, 0.5) is 0 Å². The first-order valence-electron chi connectivity index (χ1n) is 4.49. The number of ether oxygens (including phenoxy) is 1. The third kappa shape index (κ3) is 3.31. The zero-order valence-electron chi connectivity index (χ0n) is 8.30. The molecule has 4 heteroatoms. The van der Waals surface area contributed by atoms with Gasteiger partial charge in [-0.1, -0.05) is 0 Å². The van der Waals surface area contributed by atoms with Crippen molar-refractivity contribution in [2.45, 2.75) is 6.92 Å². The van der Waals surface area contributed by atoms with Gasteiger partial charge in [-0.25, -0.2) is 0 Å². The van der Waals surface area contributed by atoms with Crippen molar-refractivity contribution in [1.29, 1.82) is 5.26 Å². The van der Waals surface area contributed by atoms with Crippen molar-refractivity contribution >= 4 is 5.97 Å². The largest absolute Gasteiger partial charge is 0.493 e. The Morgan fingerprint density at radius 1 is 1.53 bits per heavy atom. The van der Waals surface area contributed by atoms with Crippen molar-refractivity contribution in [3.63, 3.8) is 0 Å². The Morgan fingerprint density at radius 2 is 2.13 bits per heavy atom. The highest BCUT2D eigenvalue weighted by atomic mass is 16.5. The highest BCUT2D eigenvalue weighted by Gasteiger charge is 2.11. The van der Waals surface area contributed by atoms with Crippen LogP contribution in [0.1, 0.15) is 12.5 Å². The summed E-state index contributed by atoms with van der Waals surface area (Å²) in [6, 6.07) is 8.53. The second-order valence-electron chi connectivity index (χ2n) is 3.19. The molecule has 0 aliphatic heterocycles. The molecule has 1 atom stereocenters. The van der Waals surface area contributed by atoms with E-state index in [1.807, 2.05) is 6.07 Å². The van der Waals surface area contributed by atoms with Crippen LogP contribution >= 0.6 is 0 Å². The van der Waals surface area contributed by atoms with Crippen LogP contribution in [0.5, 0.6) is 5.75 Å². The first kappa shape index (κ1) is 11.1. The minimum Gasteiger partial charge on any atom is -0.493 e. The zero-order valence-corrected chi connectivity index (χ0v) is 8.30. The van der Waals surface area contributed by atoms with Gasteiger partial charge in [-0.3, -0.25) is 4.79 Å². The van der Waals surface area contributed by atoms with Crippen LogP contribution in [0.15, 0.2) is 24.3 Å². The lowest BCUT2D eigenvalue weighted by atomic mass is 10.2. The van der Waals surface area contributed by atoms with Crippen LogP contribution in [0.2, 0.25) is 0 Å². The zero-order chi connectivity index (χ0) is 11.3. The summed E-state index contributed by atoms with van der Waals surface area (Å²) in [5, 5.41) is 17.2. The number of carboxylic acid groups (broad SMARTS) is 1. The van der Waals surface area contributed by atoms with Gasteiger partial charge in [0.05, 0.1) is 17.6 Å². The van der Waals surface area contributed by atoms with E-state index < -0.39 is 11.9 Å². The van der Waals surface area contributed by atoms with E-state index in [0.717, 1.165) is 0 Å². The highest BCUT2D eigenvalue weighted by Crippen LogP contribution is 2.12. The van der Waals surface area contributed by atoms with Crippen molar-refractivity contribution in [3.05, 3.63) is 29.8 Å². The van der Waals surface area contributed by atoms with Gasteiger partial charge in [-0.05, 0) is 31.2 Å². The molecular weight excluding hydrogens is 194 g/mol. The van der Waals surface area contributed by atoms with E-state index in [1.165, 1.54) is 0 Å². The number of nitriles is 1. The van der Waals surface area contributed by atoms with Crippen LogP contribution in [-0.2, 0) is 4.79 Å². The number of hydrogen-bond acceptors (Lipinski definition) is 3. The quantitative estimate of drug-likeness (QED) is 0.811. The molecule has 0 saturated heterocycles.